The summed E-state index contributed by atoms with van der Waals surface area (Å²) < 4.78 is 37.9. The fourth-order valence-corrected chi connectivity index (χ4v) is 7.03. The van der Waals surface area contributed by atoms with Crippen LogP contribution in [0.2, 0.25) is 0 Å². The number of nitrogens with zero attached hydrogens (tertiary/aromatic N) is 4. The Labute approximate surface area is 317 Å². The Morgan fingerprint density at radius 2 is 1.18 bits per heavy atom. The number of para-hydroxylation sites is 3. The second kappa shape index (κ2) is 14.0. The Kier molecular flexibility index (Phi) is 8.55. The van der Waals surface area contributed by atoms with Gasteiger partial charge in [-0.1, -0.05) is 60.7 Å². The zero-order valence-electron chi connectivity index (χ0n) is 30.4. The number of rotatable bonds is 9. The lowest BCUT2D eigenvalue weighted by atomic mass is 9.94. The molecule has 0 atom stereocenters. The maximum Gasteiger partial charge on any atom is 0.142 e. The number of hydrogen-bond donors (Lipinski definition) is 0. The maximum atomic E-state index is 14.4. The molecule has 3 aromatic heterocycles. The molecule has 0 aliphatic carbocycles. The highest BCUT2D eigenvalue weighted by atomic mass is 19.1. The molecule has 0 saturated heterocycles. The highest BCUT2D eigenvalue weighted by molar-refractivity contribution is 6.09. The van der Waals surface area contributed by atoms with E-state index in [1.54, 1.807) is 0 Å². The van der Waals surface area contributed by atoms with Crippen LogP contribution in [0.3, 0.4) is 0 Å². The van der Waals surface area contributed by atoms with Crippen LogP contribution in [0.25, 0.3) is 44.4 Å². The molecule has 9 rings (SSSR count). The van der Waals surface area contributed by atoms with Gasteiger partial charge in [0.1, 0.15) is 46.1 Å². The SMILES string of the molecule is Cc1c(C)c(Oc2ccccc2)c(-c2cnn(-c3cccc(Oc4ccc5c6ccccc6n(-c6cc(F)ccn6)c5c4)c3)c2)c(Oc2ccccc2)c1C. The van der Waals surface area contributed by atoms with Gasteiger partial charge in [-0.15, -0.1) is 0 Å². The van der Waals surface area contributed by atoms with Crippen molar-refractivity contribution in [2.45, 2.75) is 20.8 Å². The van der Waals surface area contributed by atoms with Gasteiger partial charge in [0.05, 0.1) is 28.5 Å². The van der Waals surface area contributed by atoms with Crippen molar-refractivity contribution in [3.8, 4) is 57.1 Å². The standard InChI is InChI=1S/C47H35FN4O3/c1-30-31(2)46(54-36-14-6-4-7-15-36)45(47(32(30)3)55-37-16-8-5-9-17-37)33-28-50-51(29-33)35-13-12-18-38(26-35)53-39-21-22-41-40-19-10-11-20-42(40)52(43(41)27-39)44-25-34(48)23-24-49-44/h4-29H,1-3H3. The summed E-state index contributed by atoms with van der Waals surface area (Å²) in [5, 5.41) is 6.87. The minimum atomic E-state index is -0.352. The fraction of sp³-hybridized carbons (Fsp3) is 0.0638. The van der Waals surface area contributed by atoms with Crippen molar-refractivity contribution in [2.24, 2.45) is 0 Å². The van der Waals surface area contributed by atoms with Crippen LogP contribution in [0, 0.1) is 26.6 Å². The molecular weight excluding hydrogens is 688 g/mol. The van der Waals surface area contributed by atoms with Crippen LogP contribution in [0.15, 0.2) is 158 Å². The third kappa shape index (κ3) is 6.33. The van der Waals surface area contributed by atoms with Crippen molar-refractivity contribution in [1.82, 2.24) is 19.3 Å². The second-order valence-electron chi connectivity index (χ2n) is 13.4. The van der Waals surface area contributed by atoms with Crippen LogP contribution < -0.4 is 14.2 Å². The van der Waals surface area contributed by atoms with Gasteiger partial charge in [0.25, 0.3) is 0 Å². The number of ether oxygens (including phenoxy) is 3. The number of halogens is 1. The zero-order valence-corrected chi connectivity index (χ0v) is 30.4. The van der Waals surface area contributed by atoms with Crippen LogP contribution in [0.5, 0.6) is 34.5 Å². The molecule has 0 radical (unpaired) electrons. The Morgan fingerprint density at radius 1 is 0.545 bits per heavy atom. The Hall–Kier alpha value is -7.19. The second-order valence-corrected chi connectivity index (χ2v) is 13.4. The summed E-state index contributed by atoms with van der Waals surface area (Å²) in [4.78, 5) is 4.49. The summed E-state index contributed by atoms with van der Waals surface area (Å²) in [5.41, 5.74) is 7.35. The highest BCUT2D eigenvalue weighted by Gasteiger charge is 2.24. The lowest BCUT2D eigenvalue weighted by Crippen LogP contribution is -2.01. The number of aromatic nitrogens is 4. The summed E-state index contributed by atoms with van der Waals surface area (Å²) in [6.07, 6.45) is 5.29. The molecule has 8 heteroatoms. The molecule has 0 aliphatic rings. The number of hydrogen-bond acceptors (Lipinski definition) is 5. The van der Waals surface area contributed by atoms with Gasteiger partial charge in [0.2, 0.25) is 0 Å². The summed E-state index contributed by atoms with van der Waals surface area (Å²) >= 11 is 0. The van der Waals surface area contributed by atoms with Crippen molar-refractivity contribution in [3.05, 3.63) is 181 Å². The van der Waals surface area contributed by atoms with E-state index in [9.17, 15) is 4.39 Å². The molecule has 9 aromatic rings. The van der Waals surface area contributed by atoms with Gasteiger partial charge < -0.3 is 14.2 Å². The van der Waals surface area contributed by atoms with Crippen LogP contribution >= 0.6 is 0 Å². The smallest absolute Gasteiger partial charge is 0.142 e. The molecule has 7 nitrogen and oxygen atoms in total. The van der Waals surface area contributed by atoms with E-state index in [1.807, 2.05) is 143 Å². The molecule has 0 spiro atoms. The van der Waals surface area contributed by atoms with Crippen LogP contribution in [-0.2, 0) is 0 Å². The van der Waals surface area contributed by atoms with E-state index in [0.29, 0.717) is 28.8 Å². The Bertz CT molecular complexity index is 2780. The normalized spacial score (nSPS) is 11.3. The van der Waals surface area contributed by atoms with E-state index in [0.717, 1.165) is 66.8 Å². The molecule has 0 bridgehead atoms. The lowest BCUT2D eigenvalue weighted by Gasteiger charge is -2.22. The molecule has 55 heavy (non-hydrogen) atoms. The first kappa shape index (κ1) is 33.6. The van der Waals surface area contributed by atoms with E-state index in [1.165, 1.54) is 18.3 Å². The van der Waals surface area contributed by atoms with E-state index in [2.05, 4.69) is 31.8 Å². The Balaban J connectivity index is 1.09. The molecule has 268 valence electrons. The minimum absolute atomic E-state index is 0.352. The molecule has 0 unspecified atom stereocenters. The molecule has 0 fully saturated rings. The highest BCUT2D eigenvalue weighted by Crippen LogP contribution is 2.48. The molecular formula is C47H35FN4O3. The predicted molar refractivity (Wildman–Crippen MR) is 215 cm³/mol. The van der Waals surface area contributed by atoms with E-state index >= 15 is 0 Å². The maximum absolute atomic E-state index is 14.4. The van der Waals surface area contributed by atoms with Gasteiger partial charge >= 0.3 is 0 Å². The summed E-state index contributed by atoms with van der Waals surface area (Å²) in [6, 6.07) is 44.1. The van der Waals surface area contributed by atoms with Gasteiger partial charge in [-0.05, 0) is 98.1 Å². The van der Waals surface area contributed by atoms with Crippen LogP contribution in [0.1, 0.15) is 16.7 Å². The monoisotopic (exact) mass is 722 g/mol. The van der Waals surface area contributed by atoms with Gasteiger partial charge in [-0.3, -0.25) is 4.57 Å². The van der Waals surface area contributed by atoms with Crippen LogP contribution in [-0.4, -0.2) is 19.3 Å². The number of pyridine rings is 1. The Morgan fingerprint density at radius 3 is 1.89 bits per heavy atom. The van der Waals surface area contributed by atoms with Gasteiger partial charge in [0.15, 0.2) is 0 Å². The number of benzene rings is 6. The average molecular weight is 723 g/mol. The molecule has 3 heterocycles. The van der Waals surface area contributed by atoms with Gasteiger partial charge in [-0.25, -0.2) is 14.1 Å². The van der Waals surface area contributed by atoms with Crippen molar-refractivity contribution < 1.29 is 18.6 Å². The topological polar surface area (TPSA) is 63.3 Å². The van der Waals surface area contributed by atoms with Crippen molar-refractivity contribution in [3.63, 3.8) is 0 Å². The summed E-state index contributed by atoms with van der Waals surface area (Å²) in [7, 11) is 0. The molecule has 0 saturated carbocycles. The van der Waals surface area contributed by atoms with E-state index in [-0.39, 0.29) is 5.82 Å². The van der Waals surface area contributed by atoms with E-state index < -0.39 is 0 Å². The third-order valence-corrected chi connectivity index (χ3v) is 9.96. The molecule has 0 N–H and O–H groups in total. The predicted octanol–water partition coefficient (Wildman–Crippen LogP) is 12.5. The summed E-state index contributed by atoms with van der Waals surface area (Å²) in [6.45, 7) is 6.25. The average Bonchev–Trinajstić information content (AvgIpc) is 3.83. The molecule has 0 amide bonds. The molecule has 0 aliphatic heterocycles. The lowest BCUT2D eigenvalue weighted by molar-refractivity contribution is 0.458. The third-order valence-electron chi connectivity index (χ3n) is 9.96. The quantitative estimate of drug-likeness (QED) is 0.148. The van der Waals surface area contributed by atoms with Gasteiger partial charge in [0, 0.05) is 46.9 Å². The fourth-order valence-electron chi connectivity index (χ4n) is 7.03. The van der Waals surface area contributed by atoms with Gasteiger partial charge in [-0.2, -0.15) is 5.10 Å². The zero-order chi connectivity index (χ0) is 37.5. The molecule has 6 aromatic carbocycles. The summed E-state index contributed by atoms with van der Waals surface area (Å²) in [5.74, 6) is 4.26. The first-order valence-electron chi connectivity index (χ1n) is 18.0. The largest absolute Gasteiger partial charge is 0.457 e. The first-order valence-corrected chi connectivity index (χ1v) is 18.0. The van der Waals surface area contributed by atoms with Crippen LogP contribution in [0.4, 0.5) is 4.39 Å². The number of fused-ring (bicyclic) bond motifs is 3. The minimum Gasteiger partial charge on any atom is -0.457 e. The van der Waals surface area contributed by atoms with Crippen molar-refractivity contribution in [1.29, 1.82) is 0 Å². The van der Waals surface area contributed by atoms with Crippen molar-refractivity contribution in [2.75, 3.05) is 0 Å². The first-order chi connectivity index (χ1) is 26.9. The van der Waals surface area contributed by atoms with E-state index in [4.69, 9.17) is 19.3 Å². The van der Waals surface area contributed by atoms with Crippen molar-refractivity contribution >= 4 is 21.8 Å².